The van der Waals surface area contributed by atoms with Crippen molar-refractivity contribution in [2.75, 3.05) is 0 Å². The van der Waals surface area contributed by atoms with Crippen LogP contribution in [0.1, 0.15) is 0 Å². The molecule has 0 saturated carbocycles. The second kappa shape index (κ2) is 3.10. The van der Waals surface area contributed by atoms with Crippen LogP contribution in [0.25, 0.3) is 0 Å². The summed E-state index contributed by atoms with van der Waals surface area (Å²) < 4.78 is 24.8. The van der Waals surface area contributed by atoms with Gasteiger partial charge in [0.15, 0.2) is 0 Å². The van der Waals surface area contributed by atoms with Gasteiger partial charge in [-0.3, -0.25) is 0 Å². The van der Waals surface area contributed by atoms with E-state index >= 15 is 0 Å². The molecule has 6 heavy (non-hydrogen) atoms. The molecule has 0 aromatic heterocycles. The molecule has 0 radical (unpaired) electrons. The number of hydrogen-bond donors (Lipinski definition) is 2. The zero-order valence-corrected chi connectivity index (χ0v) is 6.75. The fraction of sp³-hybridized carbons (Fsp3) is 1.00. The largest absolute Gasteiger partial charge is 2.00 e. The monoisotopic (exact) mass is 164 g/mol. The third-order valence-corrected chi connectivity index (χ3v) is 0. The summed E-state index contributed by atoms with van der Waals surface area (Å²) in [5.41, 5.74) is 0.915. The first-order chi connectivity index (χ1) is 2.00. The van der Waals surface area contributed by atoms with Gasteiger partial charge >= 0.3 is 54.9 Å². The first kappa shape index (κ1) is 10.1. The van der Waals surface area contributed by atoms with Gasteiger partial charge in [0, 0.05) is 0 Å². The van der Waals surface area contributed by atoms with Crippen molar-refractivity contribution >= 4 is 37.2 Å². The van der Waals surface area contributed by atoms with Crippen molar-refractivity contribution in [1.82, 2.24) is 0 Å². The molecule has 0 bridgehead atoms. The smallest absolute Gasteiger partial charge is 2.00 e. The van der Waals surface area contributed by atoms with Crippen molar-refractivity contribution in [2.45, 2.75) is 5.71 Å². The SMILES string of the molecule is C[As](=O)(O)O.[Mg+2]. The minimum Gasteiger partial charge on any atom is 2.00 e. The third kappa shape index (κ3) is 75.6. The van der Waals surface area contributed by atoms with Crippen LogP contribution >= 0.6 is 0 Å². The summed E-state index contributed by atoms with van der Waals surface area (Å²) in [4.78, 5) is 0. The van der Waals surface area contributed by atoms with Gasteiger partial charge in [0.1, 0.15) is 0 Å². The summed E-state index contributed by atoms with van der Waals surface area (Å²) in [5.74, 6) is 0. The molecule has 0 fully saturated rings. The van der Waals surface area contributed by atoms with Crippen LogP contribution in [0.4, 0.5) is 0 Å². The maximum absolute atomic E-state index is 9.39. The average molecular weight is 164 g/mol. The molecule has 5 heteroatoms. The Hall–Kier alpha value is 1.04. The van der Waals surface area contributed by atoms with Crippen molar-refractivity contribution in [3.8, 4) is 0 Å². The van der Waals surface area contributed by atoms with E-state index in [0.717, 1.165) is 5.71 Å². The van der Waals surface area contributed by atoms with E-state index in [1.165, 1.54) is 0 Å². The summed E-state index contributed by atoms with van der Waals surface area (Å²) in [6, 6.07) is 0. The van der Waals surface area contributed by atoms with Crippen LogP contribution in [-0.4, -0.2) is 45.4 Å². The van der Waals surface area contributed by atoms with Crippen LogP contribution in [0.5, 0.6) is 0 Å². The Kier molecular flexibility index (Phi) is 5.23. The Morgan fingerprint density at radius 3 is 1.50 bits per heavy atom. The second-order valence-electron chi connectivity index (χ2n) is 0.835. The maximum atomic E-state index is 9.39. The van der Waals surface area contributed by atoms with Crippen molar-refractivity contribution in [3.05, 3.63) is 0 Å². The Bertz CT molecular complexity index is 56.9. The molecular weight excluding hydrogens is 159 g/mol. The van der Waals surface area contributed by atoms with E-state index in [0.29, 0.717) is 0 Å². The maximum Gasteiger partial charge on any atom is 2.00 e. The summed E-state index contributed by atoms with van der Waals surface area (Å²) >= 11 is -4.12. The van der Waals surface area contributed by atoms with Gasteiger partial charge in [0.25, 0.3) is 0 Å². The van der Waals surface area contributed by atoms with Crippen molar-refractivity contribution in [1.29, 1.82) is 0 Å². The predicted octanol–water partition coefficient (Wildman–Crippen LogP) is -1.41. The van der Waals surface area contributed by atoms with Crippen LogP contribution in [-0.2, 0) is 3.74 Å². The van der Waals surface area contributed by atoms with Gasteiger partial charge in [0.05, 0.1) is 0 Å². The van der Waals surface area contributed by atoms with Gasteiger partial charge in [0.2, 0.25) is 0 Å². The Balaban J connectivity index is 0. The molecule has 0 saturated heterocycles. The minimum atomic E-state index is -4.12. The standard InChI is InChI=1S/CH5AsO3.Mg/c1-2(3,4)5;/h1H3,(H2,3,4,5);/q;+2. The predicted molar refractivity (Wildman–Crippen MR) is 22.5 cm³/mol. The average Bonchev–Trinajstić information content (AvgIpc) is 0.722. The van der Waals surface area contributed by atoms with E-state index in [1.54, 1.807) is 0 Å². The second-order valence-corrected chi connectivity index (χ2v) is 4.34. The van der Waals surface area contributed by atoms with Crippen molar-refractivity contribution in [2.24, 2.45) is 0 Å². The molecule has 0 unspecified atom stereocenters. The van der Waals surface area contributed by atoms with Crippen LogP contribution in [0.15, 0.2) is 0 Å². The van der Waals surface area contributed by atoms with Crippen LogP contribution in [0.3, 0.4) is 0 Å². The summed E-state index contributed by atoms with van der Waals surface area (Å²) in [7, 11) is 0. The fourth-order valence-corrected chi connectivity index (χ4v) is 0. The third-order valence-electron chi connectivity index (χ3n) is 0. The van der Waals surface area contributed by atoms with Crippen molar-refractivity contribution < 1.29 is 11.9 Å². The van der Waals surface area contributed by atoms with E-state index in [2.05, 4.69) is 0 Å². The van der Waals surface area contributed by atoms with Gasteiger partial charge in [-0.1, -0.05) is 0 Å². The Labute approximate surface area is 54.9 Å². The molecule has 0 aliphatic rings. The first-order valence-electron chi connectivity index (χ1n) is 1.03. The van der Waals surface area contributed by atoms with Crippen LogP contribution in [0, 0.1) is 0 Å². The zero-order chi connectivity index (χ0) is 4.50. The summed E-state index contributed by atoms with van der Waals surface area (Å²) in [5, 5.41) is 0. The Morgan fingerprint density at radius 2 is 1.50 bits per heavy atom. The molecular formula is CH5AsMgO3+2. The van der Waals surface area contributed by atoms with E-state index in [-0.39, 0.29) is 23.1 Å². The van der Waals surface area contributed by atoms with E-state index in [4.69, 9.17) is 8.19 Å². The van der Waals surface area contributed by atoms with Gasteiger partial charge in [-0.15, -0.1) is 0 Å². The van der Waals surface area contributed by atoms with Gasteiger partial charge in [-0.05, 0) is 0 Å². The summed E-state index contributed by atoms with van der Waals surface area (Å²) in [6.45, 7) is 0. The van der Waals surface area contributed by atoms with Gasteiger partial charge in [-0.2, -0.15) is 0 Å². The van der Waals surface area contributed by atoms with Crippen molar-refractivity contribution in [3.63, 3.8) is 0 Å². The molecule has 0 atom stereocenters. The quantitative estimate of drug-likeness (QED) is 0.432. The normalized spacial score (nSPS) is 9.83. The number of rotatable bonds is 0. The van der Waals surface area contributed by atoms with Gasteiger partial charge < -0.3 is 0 Å². The zero-order valence-electron chi connectivity index (χ0n) is 3.46. The van der Waals surface area contributed by atoms with E-state index in [9.17, 15) is 3.74 Å². The molecule has 32 valence electrons. The summed E-state index contributed by atoms with van der Waals surface area (Å²) in [6.07, 6.45) is 0. The van der Waals surface area contributed by atoms with Gasteiger partial charge in [-0.25, -0.2) is 0 Å². The molecule has 0 aliphatic heterocycles. The molecule has 0 amide bonds. The van der Waals surface area contributed by atoms with E-state index in [1.807, 2.05) is 0 Å². The molecule has 0 rings (SSSR count). The number of hydrogen-bond acceptors (Lipinski definition) is 1. The Morgan fingerprint density at radius 1 is 1.50 bits per heavy atom. The molecule has 0 aromatic carbocycles. The first-order valence-corrected chi connectivity index (χ1v) is 5.35. The molecule has 3 nitrogen and oxygen atoms in total. The molecule has 0 aliphatic carbocycles. The fourth-order valence-electron chi connectivity index (χ4n) is 0. The van der Waals surface area contributed by atoms with Crippen LogP contribution in [0.2, 0.25) is 5.71 Å². The van der Waals surface area contributed by atoms with E-state index < -0.39 is 14.2 Å². The molecule has 0 heterocycles. The van der Waals surface area contributed by atoms with Crippen LogP contribution < -0.4 is 0 Å². The molecule has 0 aromatic rings. The topological polar surface area (TPSA) is 57.5 Å². The molecule has 0 spiro atoms. The minimum absolute atomic E-state index is 0. The molecule has 2 N–H and O–H groups in total.